The lowest BCUT2D eigenvalue weighted by molar-refractivity contribution is -0.457. The minimum atomic E-state index is -3.83. The summed E-state index contributed by atoms with van der Waals surface area (Å²) in [6, 6.07) is 1.37. The average Bonchev–Trinajstić information content (AvgIpc) is 3.31. The van der Waals surface area contributed by atoms with E-state index < -0.39 is 33.4 Å². The third kappa shape index (κ3) is 4.24. The number of urea groups is 1. The van der Waals surface area contributed by atoms with E-state index in [0.717, 1.165) is 29.1 Å². The number of imide groups is 1. The Morgan fingerprint density at radius 1 is 1.22 bits per heavy atom. The van der Waals surface area contributed by atoms with Gasteiger partial charge < -0.3 is 4.52 Å². The van der Waals surface area contributed by atoms with E-state index >= 15 is 0 Å². The minimum Gasteiger partial charge on any atom is -0.361 e. The first-order chi connectivity index (χ1) is 16.9. The fourth-order valence-corrected chi connectivity index (χ4v) is 6.10. The van der Waals surface area contributed by atoms with Gasteiger partial charge in [0.25, 0.3) is 0 Å². The molecule has 0 radical (unpaired) electrons. The number of aromatic nitrogens is 3. The summed E-state index contributed by atoms with van der Waals surface area (Å²) in [5.74, 6) is -0.927. The SMILES string of the molecule is Cc1cc(C[N+]2=C3C=CC(S(=O)(=O)NC4(C)CC4)=CC3C(=O)N(Cc3c(C)noc3C)C2=O)n(C)n1. The van der Waals surface area contributed by atoms with E-state index in [1.165, 1.54) is 16.7 Å². The number of nitrogens with one attached hydrogen (secondary N) is 1. The van der Waals surface area contributed by atoms with E-state index in [2.05, 4.69) is 15.0 Å². The molecule has 1 atom stereocenters. The molecule has 1 fully saturated rings. The molecule has 0 aromatic carbocycles. The lowest BCUT2D eigenvalue weighted by Gasteiger charge is -2.28. The van der Waals surface area contributed by atoms with Crippen LogP contribution in [0.5, 0.6) is 0 Å². The fraction of sp³-hybridized carbons (Fsp3) is 0.458. The van der Waals surface area contributed by atoms with Crippen molar-refractivity contribution in [1.29, 1.82) is 0 Å². The first-order valence-electron chi connectivity index (χ1n) is 11.7. The Kier molecular flexibility index (Phi) is 5.63. The topological polar surface area (TPSA) is 130 Å². The maximum Gasteiger partial charge on any atom is 0.501 e. The molecule has 12 heteroatoms. The number of allylic oxidation sites excluding steroid dienone is 2. The zero-order chi connectivity index (χ0) is 26.0. The number of amides is 3. The highest BCUT2D eigenvalue weighted by molar-refractivity contribution is 7.93. The predicted molar refractivity (Wildman–Crippen MR) is 129 cm³/mol. The molecular formula is C24H29N6O5S+. The Balaban J connectivity index is 1.57. The summed E-state index contributed by atoms with van der Waals surface area (Å²) in [5, 5.41) is 8.29. The Bertz CT molecular complexity index is 1470. The van der Waals surface area contributed by atoms with E-state index in [1.54, 1.807) is 31.7 Å². The molecular weight excluding hydrogens is 484 g/mol. The van der Waals surface area contributed by atoms with Crippen LogP contribution in [0.3, 0.4) is 0 Å². The van der Waals surface area contributed by atoms with Crippen LogP contribution >= 0.6 is 0 Å². The number of carbonyl (C=O) groups excluding carboxylic acids is 2. The van der Waals surface area contributed by atoms with Gasteiger partial charge in [0.05, 0.1) is 27.6 Å². The van der Waals surface area contributed by atoms with Crippen molar-refractivity contribution in [3.05, 3.63) is 57.6 Å². The molecule has 0 spiro atoms. The van der Waals surface area contributed by atoms with Gasteiger partial charge in [-0.3, -0.25) is 4.68 Å². The number of fused-ring (bicyclic) bond motifs is 1. The van der Waals surface area contributed by atoms with E-state index in [0.29, 0.717) is 22.7 Å². The van der Waals surface area contributed by atoms with Gasteiger partial charge >= 0.3 is 11.9 Å². The van der Waals surface area contributed by atoms with Gasteiger partial charge in [-0.05, 0) is 64.8 Å². The number of rotatable bonds is 7. The van der Waals surface area contributed by atoms with Crippen molar-refractivity contribution in [3.8, 4) is 0 Å². The predicted octanol–water partition coefficient (Wildman–Crippen LogP) is 1.99. The van der Waals surface area contributed by atoms with Crippen LogP contribution in [0.1, 0.15) is 48.2 Å². The summed E-state index contributed by atoms with van der Waals surface area (Å²) in [4.78, 5) is 28.5. The van der Waals surface area contributed by atoms with Crippen molar-refractivity contribution in [1.82, 2.24) is 24.6 Å². The molecule has 3 aliphatic rings. The van der Waals surface area contributed by atoms with Gasteiger partial charge in [0.15, 0.2) is 0 Å². The number of aryl methyl sites for hydroxylation is 4. The van der Waals surface area contributed by atoms with E-state index in [4.69, 9.17) is 4.52 Å². The summed E-state index contributed by atoms with van der Waals surface area (Å²) >= 11 is 0. The van der Waals surface area contributed by atoms with Gasteiger partial charge in [0, 0.05) is 12.6 Å². The Morgan fingerprint density at radius 2 is 1.94 bits per heavy atom. The second-order valence-electron chi connectivity index (χ2n) is 9.97. The first kappa shape index (κ1) is 24.3. The number of hydrogen-bond acceptors (Lipinski definition) is 7. The Labute approximate surface area is 209 Å². The molecule has 0 bridgehead atoms. The quantitative estimate of drug-likeness (QED) is 0.560. The van der Waals surface area contributed by atoms with Crippen LogP contribution in [0, 0.1) is 26.7 Å². The van der Waals surface area contributed by atoms with Gasteiger partial charge in [-0.2, -0.15) is 19.4 Å². The van der Waals surface area contributed by atoms with Crippen molar-refractivity contribution < 1.29 is 27.1 Å². The maximum atomic E-state index is 13.7. The molecule has 1 unspecified atom stereocenters. The lowest BCUT2D eigenvalue weighted by atomic mass is 9.94. The maximum absolute atomic E-state index is 13.7. The molecule has 1 saturated carbocycles. The summed E-state index contributed by atoms with van der Waals surface area (Å²) in [5.41, 5.74) is 2.77. The molecule has 36 heavy (non-hydrogen) atoms. The van der Waals surface area contributed by atoms with Crippen LogP contribution in [-0.4, -0.2) is 56.0 Å². The molecule has 5 rings (SSSR count). The number of sulfonamides is 1. The third-order valence-electron chi connectivity index (χ3n) is 6.98. The standard InChI is InChI=1S/C24H29N6O5S/c1-14-10-17(28(5)25-14)12-29-21-7-6-18(36(33,34)27-24(4)8-9-24)11-19(21)22(31)30(23(29)32)13-20-15(2)26-35-16(20)3/h6-7,10-11,19,27H,8-9,12-13H2,1-5H3/q+1. The number of nitrogens with zero attached hydrogens (tertiary/aromatic N) is 5. The summed E-state index contributed by atoms with van der Waals surface area (Å²) in [6.45, 7) is 7.32. The van der Waals surface area contributed by atoms with Crippen molar-refractivity contribution in [3.63, 3.8) is 0 Å². The van der Waals surface area contributed by atoms with Crippen molar-refractivity contribution in [2.24, 2.45) is 13.0 Å². The highest BCUT2D eigenvalue weighted by Gasteiger charge is 2.49. The fourth-order valence-electron chi connectivity index (χ4n) is 4.57. The summed E-state index contributed by atoms with van der Waals surface area (Å²) in [7, 11) is -2.04. The lowest BCUT2D eigenvalue weighted by Crippen LogP contribution is -2.54. The van der Waals surface area contributed by atoms with Gasteiger partial charge in [-0.25, -0.2) is 17.9 Å². The largest absolute Gasteiger partial charge is 0.501 e. The smallest absolute Gasteiger partial charge is 0.361 e. The molecule has 2 aromatic heterocycles. The van der Waals surface area contributed by atoms with Gasteiger partial charge in [0.1, 0.15) is 30.5 Å². The third-order valence-corrected chi connectivity index (χ3v) is 8.64. The van der Waals surface area contributed by atoms with E-state index in [9.17, 15) is 18.0 Å². The molecule has 3 amide bonds. The van der Waals surface area contributed by atoms with Crippen LogP contribution in [-0.2, 0) is 35.0 Å². The second-order valence-corrected chi connectivity index (χ2v) is 11.6. The molecule has 0 saturated heterocycles. The average molecular weight is 514 g/mol. The minimum absolute atomic E-state index is 0.0145. The van der Waals surface area contributed by atoms with Crippen LogP contribution in [0.15, 0.2) is 33.7 Å². The zero-order valence-electron chi connectivity index (χ0n) is 20.9. The molecule has 190 valence electrons. The van der Waals surface area contributed by atoms with Crippen LogP contribution in [0.25, 0.3) is 0 Å². The number of carbonyl (C=O) groups is 2. The zero-order valence-corrected chi connectivity index (χ0v) is 21.7. The highest BCUT2D eigenvalue weighted by Crippen LogP contribution is 2.36. The second kappa shape index (κ2) is 8.34. The van der Waals surface area contributed by atoms with Gasteiger partial charge in [-0.1, -0.05) is 5.16 Å². The molecule has 2 aliphatic carbocycles. The van der Waals surface area contributed by atoms with Crippen molar-refractivity contribution >= 4 is 27.7 Å². The highest BCUT2D eigenvalue weighted by atomic mass is 32.2. The van der Waals surface area contributed by atoms with Crippen molar-refractivity contribution in [2.45, 2.75) is 59.2 Å². The molecule has 1 aliphatic heterocycles. The molecule has 11 nitrogen and oxygen atoms in total. The molecule has 2 aromatic rings. The summed E-state index contributed by atoms with van der Waals surface area (Å²) in [6.07, 6.45) is 5.97. The molecule has 3 heterocycles. The Hall–Kier alpha value is -3.38. The van der Waals surface area contributed by atoms with Crippen LogP contribution < -0.4 is 4.72 Å². The van der Waals surface area contributed by atoms with Crippen LogP contribution in [0.4, 0.5) is 4.79 Å². The monoisotopic (exact) mass is 513 g/mol. The van der Waals surface area contributed by atoms with Crippen LogP contribution in [0.2, 0.25) is 0 Å². The molecule has 1 N–H and O–H groups in total. The van der Waals surface area contributed by atoms with Crippen molar-refractivity contribution in [2.75, 3.05) is 0 Å². The van der Waals surface area contributed by atoms with Gasteiger partial charge in [0.2, 0.25) is 10.0 Å². The van der Waals surface area contributed by atoms with Gasteiger partial charge in [-0.15, -0.1) is 0 Å². The van der Waals surface area contributed by atoms with E-state index in [1.807, 2.05) is 19.9 Å². The Morgan fingerprint density at radius 3 is 2.53 bits per heavy atom. The number of hydrogen-bond donors (Lipinski definition) is 1. The summed E-state index contributed by atoms with van der Waals surface area (Å²) < 4.78 is 37.3. The van der Waals surface area contributed by atoms with E-state index in [-0.39, 0.29) is 18.0 Å². The first-order valence-corrected chi connectivity index (χ1v) is 13.2. The normalized spacial score (nSPS) is 21.2.